The van der Waals surface area contributed by atoms with Gasteiger partial charge in [-0.2, -0.15) is 0 Å². The van der Waals surface area contributed by atoms with Crippen molar-refractivity contribution in [2.24, 2.45) is 0 Å². The molecule has 0 bridgehead atoms. The minimum absolute atomic E-state index is 0.562. The Morgan fingerprint density at radius 1 is 0.958 bits per heavy atom. The molecule has 1 aromatic carbocycles. The quantitative estimate of drug-likeness (QED) is 0.537. The molecule has 0 atom stereocenters. The highest BCUT2D eigenvalue weighted by molar-refractivity contribution is 7.99. The van der Waals surface area contributed by atoms with Crippen LogP contribution in [0.25, 0.3) is 0 Å². The summed E-state index contributed by atoms with van der Waals surface area (Å²) in [7, 11) is 0. The van der Waals surface area contributed by atoms with Crippen molar-refractivity contribution in [1.29, 1.82) is 0 Å². The maximum Gasteiger partial charge on any atom is 0.193 e. The van der Waals surface area contributed by atoms with Crippen LogP contribution in [0.4, 0.5) is 5.69 Å². The monoisotopic (exact) mass is 353 g/mol. The average Bonchev–Trinajstić information content (AvgIpc) is 2.63. The van der Waals surface area contributed by atoms with Crippen LogP contribution in [-0.2, 0) is 6.54 Å². The van der Waals surface area contributed by atoms with Crippen molar-refractivity contribution in [3.63, 3.8) is 0 Å². The molecule has 0 radical (unpaired) electrons. The molecule has 0 aliphatic carbocycles. The van der Waals surface area contributed by atoms with Gasteiger partial charge in [-0.1, -0.05) is 30.3 Å². The first kappa shape index (κ1) is 16.4. The van der Waals surface area contributed by atoms with Crippen LogP contribution in [-0.4, -0.2) is 20.1 Å². The summed E-state index contributed by atoms with van der Waals surface area (Å²) in [6.45, 7) is 0.680. The Balaban J connectivity index is 1.51. The van der Waals surface area contributed by atoms with Crippen LogP contribution in [0.2, 0.25) is 0 Å². The molecular formula is C17H15N5S2. The van der Waals surface area contributed by atoms with E-state index >= 15 is 0 Å². The molecule has 7 heteroatoms. The van der Waals surface area contributed by atoms with Gasteiger partial charge in [-0.3, -0.25) is 0 Å². The van der Waals surface area contributed by atoms with Crippen molar-refractivity contribution in [3.8, 4) is 0 Å². The van der Waals surface area contributed by atoms with Crippen LogP contribution in [0.3, 0.4) is 0 Å². The maximum absolute atomic E-state index is 5.30. The first-order valence-electron chi connectivity index (χ1n) is 7.29. The average molecular weight is 353 g/mol. The zero-order chi connectivity index (χ0) is 16.6. The van der Waals surface area contributed by atoms with E-state index in [1.165, 1.54) is 17.3 Å². The van der Waals surface area contributed by atoms with Gasteiger partial charge in [0.25, 0.3) is 0 Å². The summed E-state index contributed by atoms with van der Waals surface area (Å²) in [6, 6.07) is 15.7. The lowest BCUT2D eigenvalue weighted by molar-refractivity contribution is 0.925. The van der Waals surface area contributed by atoms with Crippen LogP contribution >= 0.6 is 24.0 Å². The summed E-state index contributed by atoms with van der Waals surface area (Å²) in [5.41, 5.74) is 2.01. The Morgan fingerprint density at radius 3 is 2.46 bits per heavy atom. The Labute approximate surface area is 150 Å². The van der Waals surface area contributed by atoms with Gasteiger partial charge in [0.05, 0.1) is 11.9 Å². The van der Waals surface area contributed by atoms with Gasteiger partial charge in [-0.15, -0.1) is 0 Å². The number of rotatable bonds is 5. The largest absolute Gasteiger partial charge is 0.358 e. The third-order valence-electron chi connectivity index (χ3n) is 3.03. The maximum atomic E-state index is 5.30. The first-order chi connectivity index (χ1) is 11.8. The SMILES string of the molecule is S=C(NCc1ccccc1)Nc1ccc(Sc2ncccn2)nc1. The molecule has 0 saturated carbocycles. The van der Waals surface area contributed by atoms with Gasteiger partial charge in [0.2, 0.25) is 0 Å². The fourth-order valence-electron chi connectivity index (χ4n) is 1.90. The molecular weight excluding hydrogens is 338 g/mol. The van der Waals surface area contributed by atoms with Crippen molar-refractivity contribution < 1.29 is 0 Å². The summed E-state index contributed by atoms with van der Waals surface area (Å²) in [5, 5.41) is 8.35. The van der Waals surface area contributed by atoms with Gasteiger partial charge in [0.1, 0.15) is 5.03 Å². The van der Waals surface area contributed by atoms with E-state index in [4.69, 9.17) is 12.2 Å². The summed E-state index contributed by atoms with van der Waals surface area (Å²) >= 11 is 6.71. The van der Waals surface area contributed by atoms with Gasteiger partial charge < -0.3 is 10.6 Å². The molecule has 120 valence electrons. The topological polar surface area (TPSA) is 62.7 Å². The van der Waals surface area contributed by atoms with Crippen molar-refractivity contribution in [3.05, 3.63) is 72.7 Å². The van der Waals surface area contributed by atoms with E-state index < -0.39 is 0 Å². The fraction of sp³-hybridized carbons (Fsp3) is 0.0588. The first-order valence-corrected chi connectivity index (χ1v) is 8.52. The highest BCUT2D eigenvalue weighted by Crippen LogP contribution is 2.22. The number of aromatic nitrogens is 3. The number of nitrogens with one attached hydrogen (secondary N) is 2. The van der Waals surface area contributed by atoms with E-state index in [9.17, 15) is 0 Å². The minimum atomic E-state index is 0.562. The summed E-state index contributed by atoms with van der Waals surface area (Å²) in [4.78, 5) is 12.7. The highest BCUT2D eigenvalue weighted by atomic mass is 32.2. The molecule has 2 N–H and O–H groups in total. The molecule has 0 aliphatic rings. The second-order valence-corrected chi connectivity index (χ2v) is 6.21. The molecule has 0 unspecified atom stereocenters. The minimum Gasteiger partial charge on any atom is -0.358 e. The second kappa shape index (κ2) is 8.37. The van der Waals surface area contributed by atoms with Crippen molar-refractivity contribution >= 4 is 34.8 Å². The lowest BCUT2D eigenvalue weighted by Crippen LogP contribution is -2.27. The molecule has 0 spiro atoms. The summed E-state index contributed by atoms with van der Waals surface area (Å²) < 4.78 is 0. The predicted octanol–water partition coefficient (Wildman–Crippen LogP) is 3.51. The smallest absolute Gasteiger partial charge is 0.193 e. The van der Waals surface area contributed by atoms with E-state index in [1.54, 1.807) is 24.7 Å². The second-order valence-electron chi connectivity index (χ2n) is 4.81. The van der Waals surface area contributed by atoms with E-state index in [0.717, 1.165) is 10.7 Å². The molecule has 0 fully saturated rings. The number of nitrogens with zero attached hydrogens (tertiary/aromatic N) is 3. The fourth-order valence-corrected chi connectivity index (χ4v) is 2.75. The number of hydrogen-bond donors (Lipinski definition) is 2. The molecule has 0 amide bonds. The molecule has 3 rings (SSSR count). The lowest BCUT2D eigenvalue weighted by Gasteiger charge is -2.10. The van der Waals surface area contributed by atoms with Gasteiger partial charge in [0, 0.05) is 18.9 Å². The van der Waals surface area contributed by atoms with Crippen molar-refractivity contribution in [1.82, 2.24) is 20.3 Å². The molecule has 0 aliphatic heterocycles. The molecule has 2 heterocycles. The predicted molar refractivity (Wildman–Crippen MR) is 99.9 cm³/mol. The van der Waals surface area contributed by atoms with Crippen molar-refractivity contribution in [2.75, 3.05) is 5.32 Å². The van der Waals surface area contributed by atoms with Gasteiger partial charge in [0.15, 0.2) is 10.3 Å². The Hall–Kier alpha value is -2.51. The van der Waals surface area contributed by atoms with Gasteiger partial charge >= 0.3 is 0 Å². The van der Waals surface area contributed by atoms with Crippen LogP contribution in [0, 0.1) is 0 Å². The Bertz CT molecular complexity index is 779. The van der Waals surface area contributed by atoms with E-state index in [2.05, 4.69) is 37.7 Å². The van der Waals surface area contributed by atoms with Crippen LogP contribution in [0.15, 0.2) is 77.3 Å². The highest BCUT2D eigenvalue weighted by Gasteiger charge is 2.02. The normalized spacial score (nSPS) is 10.2. The number of benzene rings is 1. The van der Waals surface area contributed by atoms with Crippen LogP contribution in [0.5, 0.6) is 0 Å². The zero-order valence-electron chi connectivity index (χ0n) is 12.7. The third-order valence-corrected chi connectivity index (χ3v) is 4.12. The Kier molecular flexibility index (Phi) is 5.70. The number of thiocarbonyl (C=S) groups is 1. The summed E-state index contributed by atoms with van der Waals surface area (Å²) in [5.74, 6) is 0. The molecule has 5 nitrogen and oxygen atoms in total. The molecule has 2 aromatic heterocycles. The van der Waals surface area contributed by atoms with Gasteiger partial charge in [-0.05, 0) is 47.7 Å². The van der Waals surface area contributed by atoms with E-state index in [-0.39, 0.29) is 0 Å². The lowest BCUT2D eigenvalue weighted by atomic mass is 10.2. The van der Waals surface area contributed by atoms with E-state index in [0.29, 0.717) is 16.8 Å². The van der Waals surface area contributed by atoms with Gasteiger partial charge in [-0.25, -0.2) is 15.0 Å². The third kappa shape index (κ3) is 5.00. The molecule has 3 aromatic rings. The molecule has 0 saturated heterocycles. The Morgan fingerprint density at radius 2 is 1.75 bits per heavy atom. The van der Waals surface area contributed by atoms with Crippen LogP contribution in [0.1, 0.15) is 5.56 Å². The standard InChI is InChI=1S/C17H15N5S2/c23-16(21-11-13-5-2-1-3-6-13)22-14-7-8-15(20-12-14)24-17-18-9-4-10-19-17/h1-10,12H,11H2,(H2,21,22,23). The number of pyridine rings is 1. The number of hydrogen-bond acceptors (Lipinski definition) is 5. The zero-order valence-corrected chi connectivity index (χ0v) is 14.3. The number of anilines is 1. The molecule has 24 heavy (non-hydrogen) atoms. The van der Waals surface area contributed by atoms with Crippen LogP contribution < -0.4 is 10.6 Å². The van der Waals surface area contributed by atoms with E-state index in [1.807, 2.05) is 30.3 Å². The summed E-state index contributed by atoms with van der Waals surface area (Å²) in [6.07, 6.45) is 5.16. The van der Waals surface area contributed by atoms with Crippen molar-refractivity contribution in [2.45, 2.75) is 16.7 Å².